The van der Waals surface area contributed by atoms with E-state index in [1.807, 2.05) is 0 Å². The number of nitrogens with two attached hydrogens (primary N) is 1. The second-order valence-electron chi connectivity index (χ2n) is 3.30. The molecule has 2 N–H and O–H groups in total. The van der Waals surface area contributed by atoms with E-state index in [1.54, 1.807) is 0 Å². The molecule has 0 aliphatic carbocycles. The number of hydrogen-bond acceptors (Lipinski definition) is 2. The second-order valence-corrected chi connectivity index (χ2v) is 3.30. The SMILES string of the molecule is Cl.N#Cc1ccccc1[C@H](N)C(F)(F)C(F)(F)F. The van der Waals surface area contributed by atoms with E-state index in [2.05, 4.69) is 0 Å². The van der Waals surface area contributed by atoms with Crippen LogP contribution in [0.1, 0.15) is 17.2 Å². The number of hydrogen-bond donors (Lipinski definition) is 1. The average molecular weight is 287 g/mol. The van der Waals surface area contributed by atoms with Gasteiger partial charge in [0.05, 0.1) is 11.6 Å². The summed E-state index contributed by atoms with van der Waals surface area (Å²) in [5, 5.41) is 8.60. The first-order chi connectivity index (χ1) is 7.71. The Labute approximate surface area is 106 Å². The first-order valence-electron chi connectivity index (χ1n) is 4.41. The summed E-state index contributed by atoms with van der Waals surface area (Å²) in [5.74, 6) is -5.08. The minimum absolute atomic E-state index is 0. The minimum Gasteiger partial charge on any atom is -0.319 e. The van der Waals surface area contributed by atoms with Crippen LogP contribution >= 0.6 is 12.4 Å². The molecule has 8 heteroatoms. The van der Waals surface area contributed by atoms with Gasteiger partial charge in [-0.05, 0) is 11.6 Å². The smallest absolute Gasteiger partial charge is 0.319 e. The van der Waals surface area contributed by atoms with Crippen molar-refractivity contribution >= 4 is 12.4 Å². The maximum atomic E-state index is 13.0. The average Bonchev–Trinajstić information content (AvgIpc) is 2.26. The first kappa shape index (κ1) is 16.6. The van der Waals surface area contributed by atoms with Crippen molar-refractivity contribution in [2.45, 2.75) is 18.1 Å². The predicted octanol–water partition coefficient (Wildman–Crippen LogP) is 3.18. The van der Waals surface area contributed by atoms with Crippen molar-refractivity contribution in [3.63, 3.8) is 0 Å². The highest BCUT2D eigenvalue weighted by Gasteiger charge is 2.62. The fourth-order valence-electron chi connectivity index (χ4n) is 1.24. The number of nitrogens with zero attached hydrogens (tertiary/aromatic N) is 1. The van der Waals surface area contributed by atoms with Crippen LogP contribution in [0.5, 0.6) is 0 Å². The molecule has 1 aromatic rings. The van der Waals surface area contributed by atoms with Gasteiger partial charge in [0.25, 0.3) is 0 Å². The fraction of sp³-hybridized carbons (Fsp3) is 0.300. The number of halogens is 6. The summed E-state index contributed by atoms with van der Waals surface area (Å²) in [6.45, 7) is 0. The van der Waals surface area contributed by atoms with Gasteiger partial charge in [0.1, 0.15) is 6.04 Å². The lowest BCUT2D eigenvalue weighted by atomic mass is 9.96. The van der Waals surface area contributed by atoms with Crippen molar-refractivity contribution in [3.05, 3.63) is 35.4 Å². The summed E-state index contributed by atoms with van der Waals surface area (Å²) in [4.78, 5) is 0. The fourth-order valence-corrected chi connectivity index (χ4v) is 1.24. The van der Waals surface area contributed by atoms with Gasteiger partial charge in [-0.25, -0.2) is 0 Å². The zero-order valence-corrected chi connectivity index (χ0v) is 9.53. The van der Waals surface area contributed by atoms with E-state index in [1.165, 1.54) is 18.2 Å². The minimum atomic E-state index is -5.75. The van der Waals surface area contributed by atoms with Crippen LogP contribution in [0, 0.1) is 11.3 Å². The Kier molecular flexibility index (Phi) is 5.08. The molecule has 0 spiro atoms. The van der Waals surface area contributed by atoms with Gasteiger partial charge in [0.15, 0.2) is 0 Å². The standard InChI is InChI=1S/C10H7F5N2.ClH/c11-9(12,10(13,14)15)8(17)7-4-2-1-3-6(7)5-16;/h1-4,8H,17H2;1H/t8-;/m0./s1. The summed E-state index contributed by atoms with van der Waals surface area (Å²) in [6, 6.07) is 3.61. The van der Waals surface area contributed by atoms with Crippen LogP contribution in [-0.4, -0.2) is 12.1 Å². The molecule has 0 aliphatic rings. The normalized spacial score (nSPS) is 13.4. The molecule has 100 valence electrons. The van der Waals surface area contributed by atoms with E-state index in [0.717, 1.165) is 12.1 Å². The van der Waals surface area contributed by atoms with E-state index in [-0.39, 0.29) is 18.0 Å². The number of rotatable bonds is 2. The predicted molar refractivity (Wildman–Crippen MR) is 56.3 cm³/mol. The molecular weight excluding hydrogens is 279 g/mol. The zero-order valence-electron chi connectivity index (χ0n) is 8.71. The molecule has 18 heavy (non-hydrogen) atoms. The van der Waals surface area contributed by atoms with E-state index in [9.17, 15) is 22.0 Å². The molecule has 0 amide bonds. The van der Waals surface area contributed by atoms with Crippen molar-refractivity contribution < 1.29 is 22.0 Å². The van der Waals surface area contributed by atoms with Crippen molar-refractivity contribution in [2.75, 3.05) is 0 Å². The van der Waals surface area contributed by atoms with Crippen molar-refractivity contribution in [2.24, 2.45) is 5.73 Å². The molecule has 0 aliphatic heterocycles. The molecule has 0 heterocycles. The lowest BCUT2D eigenvalue weighted by Gasteiger charge is -2.26. The Morgan fingerprint density at radius 2 is 1.61 bits per heavy atom. The summed E-state index contributed by atoms with van der Waals surface area (Å²) >= 11 is 0. The van der Waals surface area contributed by atoms with Crippen LogP contribution < -0.4 is 5.73 Å². The summed E-state index contributed by atoms with van der Waals surface area (Å²) in [7, 11) is 0. The summed E-state index contributed by atoms with van der Waals surface area (Å²) in [6.07, 6.45) is -5.75. The van der Waals surface area contributed by atoms with E-state index in [4.69, 9.17) is 11.0 Å². The van der Waals surface area contributed by atoms with E-state index < -0.39 is 23.7 Å². The third kappa shape index (κ3) is 2.89. The van der Waals surface area contributed by atoms with Crippen LogP contribution in [0.4, 0.5) is 22.0 Å². The molecule has 0 aromatic heterocycles. The Bertz CT molecular complexity index is 452. The highest BCUT2D eigenvalue weighted by Crippen LogP contribution is 2.43. The van der Waals surface area contributed by atoms with Gasteiger partial charge in [-0.2, -0.15) is 27.2 Å². The summed E-state index contributed by atoms with van der Waals surface area (Å²) < 4.78 is 62.2. The van der Waals surface area contributed by atoms with Crippen LogP contribution in [0.2, 0.25) is 0 Å². The number of benzene rings is 1. The molecule has 0 unspecified atom stereocenters. The van der Waals surface area contributed by atoms with E-state index in [0.29, 0.717) is 0 Å². The number of nitriles is 1. The van der Waals surface area contributed by atoms with Crippen LogP contribution in [0.3, 0.4) is 0 Å². The molecule has 0 fully saturated rings. The van der Waals surface area contributed by atoms with Gasteiger partial charge in [-0.15, -0.1) is 12.4 Å². The van der Waals surface area contributed by atoms with Gasteiger partial charge in [0, 0.05) is 0 Å². The van der Waals surface area contributed by atoms with Gasteiger partial charge in [-0.3, -0.25) is 0 Å². The van der Waals surface area contributed by atoms with Crippen molar-refractivity contribution in [3.8, 4) is 6.07 Å². The Hall–Kier alpha value is -1.39. The van der Waals surface area contributed by atoms with Gasteiger partial charge in [-0.1, -0.05) is 18.2 Å². The molecular formula is C10H8ClF5N2. The highest BCUT2D eigenvalue weighted by molar-refractivity contribution is 5.85. The van der Waals surface area contributed by atoms with Crippen molar-refractivity contribution in [1.29, 1.82) is 5.26 Å². The maximum Gasteiger partial charge on any atom is 0.455 e. The Morgan fingerprint density at radius 1 is 1.11 bits per heavy atom. The largest absolute Gasteiger partial charge is 0.455 e. The lowest BCUT2D eigenvalue weighted by molar-refractivity contribution is -0.291. The Morgan fingerprint density at radius 3 is 2.06 bits per heavy atom. The molecule has 2 nitrogen and oxygen atoms in total. The lowest BCUT2D eigenvalue weighted by Crippen LogP contribution is -2.46. The third-order valence-corrected chi connectivity index (χ3v) is 2.18. The maximum absolute atomic E-state index is 13.0. The molecule has 0 bridgehead atoms. The van der Waals surface area contributed by atoms with Gasteiger partial charge >= 0.3 is 12.1 Å². The monoisotopic (exact) mass is 286 g/mol. The second kappa shape index (κ2) is 5.50. The zero-order chi connectivity index (χ0) is 13.3. The number of alkyl halides is 5. The molecule has 1 atom stereocenters. The van der Waals surface area contributed by atoms with E-state index >= 15 is 0 Å². The summed E-state index contributed by atoms with van der Waals surface area (Å²) in [5.41, 5.74) is 4.08. The van der Waals surface area contributed by atoms with Crippen LogP contribution in [0.15, 0.2) is 24.3 Å². The van der Waals surface area contributed by atoms with Crippen molar-refractivity contribution in [1.82, 2.24) is 0 Å². The van der Waals surface area contributed by atoms with Gasteiger partial charge < -0.3 is 5.73 Å². The molecule has 0 saturated heterocycles. The topological polar surface area (TPSA) is 49.8 Å². The highest BCUT2D eigenvalue weighted by atomic mass is 35.5. The van der Waals surface area contributed by atoms with Gasteiger partial charge in [0.2, 0.25) is 0 Å². The van der Waals surface area contributed by atoms with Crippen LogP contribution in [0.25, 0.3) is 0 Å². The quantitative estimate of drug-likeness (QED) is 0.849. The molecule has 0 radical (unpaired) electrons. The molecule has 1 aromatic carbocycles. The van der Waals surface area contributed by atoms with Crippen LogP contribution in [-0.2, 0) is 0 Å². The third-order valence-electron chi connectivity index (χ3n) is 2.18. The molecule has 1 rings (SSSR count). The first-order valence-corrected chi connectivity index (χ1v) is 4.41. The molecule has 0 saturated carbocycles. The Balaban J connectivity index is 0.00000289.